The average Bonchev–Trinajstić information content (AvgIpc) is 2.68. The molecule has 3 rings (SSSR count). The van der Waals surface area contributed by atoms with Crippen LogP contribution in [0.3, 0.4) is 0 Å². The number of ketones is 1. The molecule has 2 aliphatic heterocycles. The highest BCUT2D eigenvalue weighted by Crippen LogP contribution is 2.28. The number of Topliss-reactive ketones (excluding diaryl/α,β-unsaturated/α-hetero) is 1. The van der Waals surface area contributed by atoms with Crippen molar-refractivity contribution in [2.45, 2.75) is 31.8 Å². The van der Waals surface area contributed by atoms with E-state index in [1.807, 2.05) is 12.1 Å². The van der Waals surface area contributed by atoms with Crippen LogP contribution in [0.2, 0.25) is 0 Å². The van der Waals surface area contributed by atoms with E-state index in [1.165, 1.54) is 0 Å². The van der Waals surface area contributed by atoms with Gasteiger partial charge in [0.25, 0.3) is 0 Å². The summed E-state index contributed by atoms with van der Waals surface area (Å²) in [4.78, 5) is 22.5. The number of hydrogen-bond acceptors (Lipinski definition) is 5. The summed E-state index contributed by atoms with van der Waals surface area (Å²) in [5.74, 6) is 1.49. The van der Waals surface area contributed by atoms with Gasteiger partial charge in [0.2, 0.25) is 0 Å². The van der Waals surface area contributed by atoms with Gasteiger partial charge in [-0.25, -0.2) is 9.98 Å². The lowest BCUT2D eigenvalue weighted by molar-refractivity contribution is 0.100. The van der Waals surface area contributed by atoms with Gasteiger partial charge in [0.05, 0.1) is 5.56 Å². The van der Waals surface area contributed by atoms with Crippen LogP contribution < -0.4 is 10.6 Å². The van der Waals surface area contributed by atoms with Crippen molar-refractivity contribution >= 4 is 23.6 Å². The van der Waals surface area contributed by atoms with E-state index < -0.39 is 0 Å². The minimum Gasteiger partial charge on any atom is -0.352 e. The lowest BCUT2D eigenvalue weighted by Gasteiger charge is -2.23. The Morgan fingerprint density at radius 3 is 3.00 bits per heavy atom. The van der Waals surface area contributed by atoms with Crippen molar-refractivity contribution in [2.24, 2.45) is 10.7 Å². The molecule has 2 N–H and O–H groups in total. The molecule has 94 valence electrons. The number of nitrogens with two attached hydrogens (primary N) is 1. The first-order valence-electron chi connectivity index (χ1n) is 6.24. The molecular weight excluding hydrogens is 228 g/mol. The molecule has 1 aromatic rings. The number of hydrogen-bond donors (Lipinski definition) is 1. The Labute approximate surface area is 106 Å². The zero-order chi connectivity index (χ0) is 12.7. The summed E-state index contributed by atoms with van der Waals surface area (Å²) in [7, 11) is 0. The Bertz CT molecular complexity index is 526. The SMILES string of the molecule is CC1CC(N)CN1c1ccc2c(n1)N=CCC2=O. The number of carbonyl (C=O) groups excluding carboxylic acids is 1. The van der Waals surface area contributed by atoms with E-state index in [4.69, 9.17) is 5.73 Å². The molecule has 0 spiro atoms. The highest BCUT2D eigenvalue weighted by Gasteiger charge is 2.28. The molecule has 18 heavy (non-hydrogen) atoms. The van der Waals surface area contributed by atoms with Crippen molar-refractivity contribution in [1.82, 2.24) is 4.98 Å². The van der Waals surface area contributed by atoms with Gasteiger partial charge in [-0.2, -0.15) is 0 Å². The predicted molar refractivity (Wildman–Crippen MR) is 70.7 cm³/mol. The molecule has 1 fully saturated rings. The van der Waals surface area contributed by atoms with E-state index in [-0.39, 0.29) is 11.8 Å². The second kappa shape index (κ2) is 4.17. The van der Waals surface area contributed by atoms with Gasteiger partial charge in [-0.05, 0) is 25.5 Å². The first-order valence-corrected chi connectivity index (χ1v) is 6.24. The smallest absolute Gasteiger partial charge is 0.171 e. The van der Waals surface area contributed by atoms with Crippen molar-refractivity contribution in [2.75, 3.05) is 11.4 Å². The zero-order valence-corrected chi connectivity index (χ0v) is 10.3. The molecule has 1 saturated heterocycles. The standard InChI is InChI=1S/C13H16N4O/c1-8-6-9(14)7-17(8)12-3-2-10-11(18)4-5-15-13(10)16-12/h2-3,5,8-9H,4,6-7,14H2,1H3. The lowest BCUT2D eigenvalue weighted by Crippen LogP contribution is -2.30. The molecule has 1 aromatic heterocycles. The van der Waals surface area contributed by atoms with Gasteiger partial charge in [0.1, 0.15) is 5.82 Å². The third-order valence-electron chi connectivity index (χ3n) is 3.55. The minimum atomic E-state index is 0.0882. The number of carbonyl (C=O) groups is 1. The molecule has 0 aromatic carbocycles. The van der Waals surface area contributed by atoms with Crippen LogP contribution in [0.5, 0.6) is 0 Å². The summed E-state index contributed by atoms with van der Waals surface area (Å²) < 4.78 is 0. The van der Waals surface area contributed by atoms with Gasteiger partial charge in [0.15, 0.2) is 11.6 Å². The fourth-order valence-electron chi connectivity index (χ4n) is 2.63. The second-order valence-electron chi connectivity index (χ2n) is 4.98. The van der Waals surface area contributed by atoms with Crippen LogP contribution in [0.15, 0.2) is 17.1 Å². The molecule has 5 nitrogen and oxygen atoms in total. The number of pyridine rings is 1. The van der Waals surface area contributed by atoms with Gasteiger partial charge in [-0.3, -0.25) is 4.79 Å². The maximum Gasteiger partial charge on any atom is 0.171 e. The normalized spacial score (nSPS) is 26.6. The maximum absolute atomic E-state index is 11.7. The van der Waals surface area contributed by atoms with Gasteiger partial charge >= 0.3 is 0 Å². The molecular formula is C13H16N4O. The summed E-state index contributed by atoms with van der Waals surface area (Å²) in [5.41, 5.74) is 6.58. The third kappa shape index (κ3) is 1.80. The van der Waals surface area contributed by atoms with Crippen LogP contribution >= 0.6 is 0 Å². The first-order chi connectivity index (χ1) is 8.65. The van der Waals surface area contributed by atoms with E-state index in [0.29, 0.717) is 23.8 Å². The Morgan fingerprint density at radius 1 is 1.44 bits per heavy atom. The summed E-state index contributed by atoms with van der Waals surface area (Å²) in [6.45, 7) is 2.95. The Hall–Kier alpha value is -1.75. The minimum absolute atomic E-state index is 0.0882. The highest BCUT2D eigenvalue weighted by molar-refractivity contribution is 6.09. The van der Waals surface area contributed by atoms with Crippen LogP contribution in [0.25, 0.3) is 0 Å². The summed E-state index contributed by atoms with van der Waals surface area (Å²) in [5, 5.41) is 0. The number of nitrogens with zero attached hydrogens (tertiary/aromatic N) is 3. The number of aromatic nitrogens is 1. The van der Waals surface area contributed by atoms with Gasteiger partial charge in [-0.15, -0.1) is 0 Å². The predicted octanol–water partition coefficient (Wildman–Crippen LogP) is 1.30. The van der Waals surface area contributed by atoms with Crippen LogP contribution in [0.4, 0.5) is 11.6 Å². The Morgan fingerprint density at radius 2 is 2.28 bits per heavy atom. The average molecular weight is 244 g/mol. The van der Waals surface area contributed by atoms with Gasteiger partial charge in [0, 0.05) is 31.3 Å². The number of fused-ring (bicyclic) bond motifs is 1. The van der Waals surface area contributed by atoms with Crippen LogP contribution in [0, 0.1) is 0 Å². The van der Waals surface area contributed by atoms with Gasteiger partial charge in [-0.1, -0.05) is 0 Å². The van der Waals surface area contributed by atoms with E-state index in [1.54, 1.807) is 6.21 Å². The monoisotopic (exact) mass is 244 g/mol. The Kier molecular flexibility index (Phi) is 2.63. The van der Waals surface area contributed by atoms with E-state index in [2.05, 4.69) is 21.8 Å². The molecule has 0 saturated carbocycles. The highest BCUT2D eigenvalue weighted by atomic mass is 16.1. The second-order valence-corrected chi connectivity index (χ2v) is 4.98. The topological polar surface area (TPSA) is 71.6 Å². The molecule has 2 aliphatic rings. The van der Waals surface area contributed by atoms with Gasteiger partial charge < -0.3 is 10.6 Å². The van der Waals surface area contributed by atoms with Crippen molar-refractivity contribution in [3.8, 4) is 0 Å². The molecule has 0 aliphatic carbocycles. The maximum atomic E-state index is 11.7. The number of aliphatic imine (C=N–C) groups is 1. The summed E-state index contributed by atoms with van der Waals surface area (Å²) in [6, 6.07) is 4.30. The lowest BCUT2D eigenvalue weighted by atomic mass is 10.1. The summed E-state index contributed by atoms with van der Waals surface area (Å²) >= 11 is 0. The fourth-order valence-corrected chi connectivity index (χ4v) is 2.63. The summed E-state index contributed by atoms with van der Waals surface area (Å²) in [6.07, 6.45) is 2.97. The largest absolute Gasteiger partial charge is 0.352 e. The quantitative estimate of drug-likeness (QED) is 0.808. The molecule has 0 amide bonds. The van der Waals surface area contributed by atoms with Crippen molar-refractivity contribution in [3.05, 3.63) is 17.7 Å². The molecule has 0 bridgehead atoms. The molecule has 5 heteroatoms. The fraction of sp³-hybridized carbons (Fsp3) is 0.462. The van der Waals surface area contributed by atoms with Crippen molar-refractivity contribution in [1.29, 1.82) is 0 Å². The Balaban J connectivity index is 1.96. The molecule has 2 atom stereocenters. The number of anilines is 1. The molecule has 0 radical (unpaired) electrons. The zero-order valence-electron chi connectivity index (χ0n) is 10.3. The van der Waals surface area contributed by atoms with E-state index in [0.717, 1.165) is 18.8 Å². The number of rotatable bonds is 1. The third-order valence-corrected chi connectivity index (χ3v) is 3.55. The van der Waals surface area contributed by atoms with E-state index >= 15 is 0 Å². The van der Waals surface area contributed by atoms with Crippen molar-refractivity contribution < 1.29 is 4.79 Å². The molecule has 3 heterocycles. The molecule has 2 unspecified atom stereocenters. The van der Waals surface area contributed by atoms with Crippen LogP contribution in [0.1, 0.15) is 30.1 Å². The van der Waals surface area contributed by atoms with E-state index in [9.17, 15) is 4.79 Å². The van der Waals surface area contributed by atoms with Crippen LogP contribution in [-0.4, -0.2) is 35.6 Å². The van der Waals surface area contributed by atoms with Crippen LogP contribution in [-0.2, 0) is 0 Å². The first kappa shape index (κ1) is 11.3. The van der Waals surface area contributed by atoms with Crippen molar-refractivity contribution in [3.63, 3.8) is 0 Å².